The third-order valence-electron chi connectivity index (χ3n) is 5.74. The molecule has 1 aliphatic carbocycles. The molecule has 3 aromatic rings. The molecule has 0 aliphatic heterocycles. The molecule has 0 atom stereocenters. The molecule has 1 N–H and O–H groups in total. The Morgan fingerprint density at radius 1 is 1.13 bits per heavy atom. The fraction of sp³-hybridized carbons (Fsp3) is 0.417. The summed E-state index contributed by atoms with van der Waals surface area (Å²) in [5.41, 5.74) is 3.77. The summed E-state index contributed by atoms with van der Waals surface area (Å²) in [6.07, 6.45) is 10.1. The number of aromatic nitrogens is 3. The van der Waals surface area contributed by atoms with Crippen molar-refractivity contribution >= 4 is 17.6 Å². The molecule has 0 bridgehead atoms. The molecule has 4 rings (SSSR count). The first kappa shape index (κ1) is 21.8. The Bertz CT molecular complexity index is 999. The number of benzene rings is 1. The van der Waals surface area contributed by atoms with Crippen LogP contribution in [-0.4, -0.2) is 40.5 Å². The molecule has 0 radical (unpaired) electrons. The smallest absolute Gasteiger partial charge is 0.168 e. The van der Waals surface area contributed by atoms with E-state index in [4.69, 9.17) is 9.72 Å². The molecular formula is C24H29FN4OS. The lowest BCUT2D eigenvalue weighted by atomic mass is 9.95. The van der Waals surface area contributed by atoms with Gasteiger partial charge in [0.1, 0.15) is 11.6 Å². The molecule has 164 valence electrons. The van der Waals surface area contributed by atoms with Gasteiger partial charge in [-0.05, 0) is 55.5 Å². The van der Waals surface area contributed by atoms with E-state index in [1.807, 2.05) is 18.5 Å². The van der Waals surface area contributed by atoms with Gasteiger partial charge >= 0.3 is 0 Å². The maximum Gasteiger partial charge on any atom is 0.168 e. The Balaban J connectivity index is 1.77. The highest BCUT2D eigenvalue weighted by Crippen LogP contribution is 2.36. The lowest BCUT2D eigenvalue weighted by Crippen LogP contribution is -2.22. The van der Waals surface area contributed by atoms with Gasteiger partial charge in [-0.2, -0.15) is 0 Å². The number of nitrogens with one attached hydrogen (secondary N) is 1. The van der Waals surface area contributed by atoms with E-state index in [0.29, 0.717) is 19.2 Å². The highest BCUT2D eigenvalue weighted by Gasteiger charge is 2.21. The second-order valence-corrected chi connectivity index (χ2v) is 8.63. The summed E-state index contributed by atoms with van der Waals surface area (Å²) >= 11 is 1.60. The number of pyridine rings is 1. The molecule has 0 saturated heterocycles. The lowest BCUT2D eigenvalue weighted by molar-refractivity contribution is 0.185. The van der Waals surface area contributed by atoms with E-state index in [9.17, 15) is 4.39 Å². The van der Waals surface area contributed by atoms with Crippen molar-refractivity contribution in [2.24, 2.45) is 0 Å². The first-order valence-electron chi connectivity index (χ1n) is 10.8. The van der Waals surface area contributed by atoms with E-state index in [2.05, 4.69) is 20.9 Å². The molecule has 31 heavy (non-hydrogen) atoms. The Kier molecular flexibility index (Phi) is 7.25. The van der Waals surface area contributed by atoms with E-state index in [1.54, 1.807) is 31.0 Å². The minimum Gasteiger partial charge on any atom is -0.383 e. The van der Waals surface area contributed by atoms with E-state index in [-0.39, 0.29) is 5.82 Å². The number of anilines is 1. The van der Waals surface area contributed by atoms with Crippen LogP contribution in [0.4, 0.5) is 10.2 Å². The standard InChI is InChI=1S/C24H29FN4OS/c1-30-15-14-29-23(22(28-24(29)31-2)17-8-10-19(25)11-9-17)18-12-13-26-21(16-18)27-20-6-4-3-5-7-20/h8-13,16,20H,3-7,14-15H2,1-2H3,(H,26,27). The predicted molar refractivity (Wildman–Crippen MR) is 125 cm³/mol. The van der Waals surface area contributed by atoms with Crippen LogP contribution in [-0.2, 0) is 11.3 Å². The Morgan fingerprint density at radius 2 is 1.90 bits per heavy atom. The van der Waals surface area contributed by atoms with Crippen LogP contribution in [0.5, 0.6) is 0 Å². The summed E-state index contributed by atoms with van der Waals surface area (Å²) < 4.78 is 21.1. The number of hydrogen-bond acceptors (Lipinski definition) is 5. The van der Waals surface area contributed by atoms with Gasteiger partial charge in [0.15, 0.2) is 5.16 Å². The van der Waals surface area contributed by atoms with Crippen LogP contribution >= 0.6 is 11.8 Å². The van der Waals surface area contributed by atoms with Gasteiger partial charge in [-0.15, -0.1) is 0 Å². The second kappa shape index (κ2) is 10.3. The zero-order chi connectivity index (χ0) is 21.6. The maximum atomic E-state index is 13.6. The zero-order valence-electron chi connectivity index (χ0n) is 18.1. The van der Waals surface area contributed by atoms with Gasteiger partial charge in [-0.3, -0.25) is 0 Å². The number of nitrogens with zero attached hydrogens (tertiary/aromatic N) is 3. The van der Waals surface area contributed by atoms with E-state index >= 15 is 0 Å². The minimum atomic E-state index is -0.253. The normalized spacial score (nSPS) is 14.7. The van der Waals surface area contributed by atoms with Crippen molar-refractivity contribution < 1.29 is 9.13 Å². The molecule has 2 aromatic heterocycles. The van der Waals surface area contributed by atoms with Gasteiger partial charge in [-0.1, -0.05) is 31.0 Å². The average molecular weight is 441 g/mol. The number of rotatable bonds is 8. The van der Waals surface area contributed by atoms with Gasteiger partial charge in [0.25, 0.3) is 0 Å². The minimum absolute atomic E-state index is 0.253. The fourth-order valence-electron chi connectivity index (χ4n) is 4.19. The molecule has 2 heterocycles. The van der Waals surface area contributed by atoms with Crippen LogP contribution in [0.2, 0.25) is 0 Å². The van der Waals surface area contributed by atoms with Crippen molar-refractivity contribution in [3.63, 3.8) is 0 Å². The molecular weight excluding hydrogens is 411 g/mol. The van der Waals surface area contributed by atoms with Crippen LogP contribution in [0.1, 0.15) is 32.1 Å². The van der Waals surface area contributed by atoms with Crippen molar-refractivity contribution in [1.82, 2.24) is 14.5 Å². The summed E-state index contributed by atoms with van der Waals surface area (Å²) in [5.74, 6) is 0.636. The Morgan fingerprint density at radius 3 is 2.61 bits per heavy atom. The first-order chi connectivity index (χ1) is 15.2. The molecule has 0 spiro atoms. The van der Waals surface area contributed by atoms with Gasteiger partial charge in [0, 0.05) is 37.0 Å². The van der Waals surface area contributed by atoms with Crippen LogP contribution < -0.4 is 5.32 Å². The van der Waals surface area contributed by atoms with Crippen LogP contribution in [0.25, 0.3) is 22.5 Å². The summed E-state index contributed by atoms with van der Waals surface area (Å²) in [7, 11) is 1.70. The van der Waals surface area contributed by atoms with Gasteiger partial charge in [0.05, 0.1) is 18.0 Å². The molecule has 1 aromatic carbocycles. The fourth-order valence-corrected chi connectivity index (χ4v) is 4.78. The molecule has 0 unspecified atom stereocenters. The van der Waals surface area contributed by atoms with Crippen molar-refractivity contribution in [1.29, 1.82) is 0 Å². The molecule has 7 heteroatoms. The number of halogens is 1. The number of ether oxygens (including phenoxy) is 1. The van der Waals surface area contributed by atoms with Gasteiger partial charge in [-0.25, -0.2) is 14.4 Å². The van der Waals surface area contributed by atoms with Crippen molar-refractivity contribution in [2.45, 2.75) is 49.8 Å². The maximum absolute atomic E-state index is 13.6. The van der Waals surface area contributed by atoms with Gasteiger partial charge in [0.2, 0.25) is 0 Å². The van der Waals surface area contributed by atoms with Crippen LogP contribution in [0.3, 0.4) is 0 Å². The van der Waals surface area contributed by atoms with Crippen molar-refractivity contribution in [3.05, 3.63) is 48.4 Å². The summed E-state index contributed by atoms with van der Waals surface area (Å²) in [5, 5.41) is 4.53. The molecule has 1 fully saturated rings. The topological polar surface area (TPSA) is 52.0 Å². The highest BCUT2D eigenvalue weighted by atomic mass is 32.2. The molecule has 0 amide bonds. The first-order valence-corrected chi connectivity index (χ1v) is 12.0. The second-order valence-electron chi connectivity index (χ2n) is 7.86. The van der Waals surface area contributed by atoms with E-state index in [1.165, 1.54) is 44.2 Å². The molecule has 5 nitrogen and oxygen atoms in total. The largest absolute Gasteiger partial charge is 0.383 e. The molecule has 1 saturated carbocycles. The number of thioether (sulfide) groups is 1. The van der Waals surface area contributed by atoms with Crippen molar-refractivity contribution in [2.75, 3.05) is 25.3 Å². The quantitative estimate of drug-likeness (QED) is 0.444. The monoisotopic (exact) mass is 440 g/mol. The number of methoxy groups -OCH3 is 1. The summed E-state index contributed by atoms with van der Waals surface area (Å²) in [4.78, 5) is 9.48. The Hall–Kier alpha value is -2.38. The summed E-state index contributed by atoms with van der Waals surface area (Å²) in [6.45, 7) is 1.27. The van der Waals surface area contributed by atoms with E-state index in [0.717, 1.165) is 33.5 Å². The van der Waals surface area contributed by atoms with E-state index < -0.39 is 0 Å². The Labute approximate surface area is 187 Å². The van der Waals surface area contributed by atoms with Crippen LogP contribution in [0, 0.1) is 5.82 Å². The summed E-state index contributed by atoms with van der Waals surface area (Å²) in [6, 6.07) is 11.1. The zero-order valence-corrected chi connectivity index (χ0v) is 18.9. The predicted octanol–water partition coefficient (Wildman–Crippen LogP) is 5.86. The van der Waals surface area contributed by atoms with Crippen LogP contribution in [0.15, 0.2) is 47.8 Å². The highest BCUT2D eigenvalue weighted by molar-refractivity contribution is 7.98. The third-order valence-corrected chi connectivity index (χ3v) is 6.42. The average Bonchev–Trinajstić information content (AvgIpc) is 3.17. The number of hydrogen-bond donors (Lipinski definition) is 1. The third kappa shape index (κ3) is 5.10. The SMILES string of the molecule is COCCn1c(SC)nc(-c2ccc(F)cc2)c1-c1ccnc(NC2CCCCC2)c1. The van der Waals surface area contributed by atoms with Crippen molar-refractivity contribution in [3.8, 4) is 22.5 Å². The molecule has 1 aliphatic rings. The lowest BCUT2D eigenvalue weighted by Gasteiger charge is -2.23. The van der Waals surface area contributed by atoms with Gasteiger partial charge < -0.3 is 14.6 Å². The number of imidazole rings is 1.